The van der Waals surface area contributed by atoms with Gasteiger partial charge in [0.1, 0.15) is 10.1 Å². The van der Waals surface area contributed by atoms with E-state index in [-0.39, 0.29) is 17.2 Å². The minimum atomic E-state index is -0.128. The van der Waals surface area contributed by atoms with Gasteiger partial charge in [-0.15, -0.1) is 0 Å². The van der Waals surface area contributed by atoms with Crippen LogP contribution in [0.25, 0.3) is 0 Å². The predicted octanol–water partition coefficient (Wildman–Crippen LogP) is 3.08. The number of carbonyl (C=O) groups excluding carboxylic acids is 1. The third-order valence-corrected chi connectivity index (χ3v) is 7.05. The summed E-state index contributed by atoms with van der Waals surface area (Å²) in [6, 6.07) is 9.08. The molecule has 0 aromatic carbocycles. The molecule has 1 amide bonds. The van der Waals surface area contributed by atoms with Gasteiger partial charge in [0, 0.05) is 48.0 Å². The molecule has 2 aliphatic heterocycles. The molecule has 4 heterocycles. The Balaban J connectivity index is 1.34. The lowest BCUT2D eigenvalue weighted by Gasteiger charge is -2.43. The normalized spacial score (nSPS) is 20.4. The van der Waals surface area contributed by atoms with Gasteiger partial charge in [-0.25, -0.2) is 4.98 Å². The van der Waals surface area contributed by atoms with Gasteiger partial charge < -0.3 is 14.8 Å². The van der Waals surface area contributed by atoms with Crippen LogP contribution in [0.3, 0.4) is 0 Å². The van der Waals surface area contributed by atoms with Crippen LogP contribution in [0, 0.1) is 5.92 Å². The van der Waals surface area contributed by atoms with Crippen molar-refractivity contribution in [3.8, 4) is 0 Å². The number of thioether (sulfide) groups is 1. The Morgan fingerprint density at radius 1 is 1.29 bits per heavy atom. The highest BCUT2D eigenvalue weighted by Crippen LogP contribution is 2.36. The molecular formula is C19H19BrN4O2S2. The molecule has 0 unspecified atom stereocenters. The van der Waals surface area contributed by atoms with Gasteiger partial charge in [-0.05, 0) is 46.5 Å². The Morgan fingerprint density at radius 3 is 2.93 bits per heavy atom. The van der Waals surface area contributed by atoms with Crippen LogP contribution in [0.15, 0.2) is 45.8 Å². The third-order valence-electron chi connectivity index (χ3n) is 5.06. The van der Waals surface area contributed by atoms with Crippen LogP contribution in [0.1, 0.15) is 18.0 Å². The first kappa shape index (κ1) is 19.6. The van der Waals surface area contributed by atoms with E-state index in [1.807, 2.05) is 22.8 Å². The number of likely N-dealkylation sites (tertiary alicyclic amines) is 1. The molecule has 0 radical (unpaired) electrons. The molecule has 146 valence electrons. The second-order valence-electron chi connectivity index (χ2n) is 7.07. The van der Waals surface area contributed by atoms with Crippen molar-refractivity contribution >= 4 is 56.0 Å². The first-order valence-corrected chi connectivity index (χ1v) is 11.2. The number of pyridine rings is 2. The van der Waals surface area contributed by atoms with E-state index in [1.165, 1.54) is 11.8 Å². The minimum absolute atomic E-state index is 0.0795. The molecule has 0 saturated carbocycles. The Kier molecular flexibility index (Phi) is 5.84. The lowest BCUT2D eigenvalue weighted by atomic mass is 9.83. The molecule has 1 N–H and O–H groups in total. The molecule has 4 rings (SSSR count). The summed E-state index contributed by atoms with van der Waals surface area (Å²) in [5.41, 5.74) is 1.18. The van der Waals surface area contributed by atoms with E-state index in [1.54, 1.807) is 18.3 Å². The van der Waals surface area contributed by atoms with E-state index in [0.717, 1.165) is 40.5 Å². The number of anilines is 1. The van der Waals surface area contributed by atoms with E-state index in [0.29, 0.717) is 17.7 Å². The van der Waals surface area contributed by atoms with Crippen molar-refractivity contribution in [3.05, 3.63) is 57.0 Å². The summed E-state index contributed by atoms with van der Waals surface area (Å²) in [4.78, 5) is 30.6. The van der Waals surface area contributed by atoms with Crippen LogP contribution in [0.2, 0.25) is 0 Å². The topological polar surface area (TPSA) is 67.2 Å². The molecule has 2 bridgehead atoms. The van der Waals surface area contributed by atoms with Crippen LogP contribution in [-0.4, -0.2) is 43.5 Å². The second kappa shape index (κ2) is 8.34. The smallest absolute Gasteiger partial charge is 0.250 e. The van der Waals surface area contributed by atoms with Crippen molar-refractivity contribution in [1.82, 2.24) is 14.5 Å². The maximum atomic E-state index is 12.2. The predicted molar refractivity (Wildman–Crippen MR) is 119 cm³/mol. The molecule has 0 spiro atoms. The maximum Gasteiger partial charge on any atom is 0.250 e. The molecule has 2 aromatic heterocycles. The van der Waals surface area contributed by atoms with Crippen molar-refractivity contribution < 1.29 is 4.79 Å². The van der Waals surface area contributed by atoms with E-state index >= 15 is 0 Å². The van der Waals surface area contributed by atoms with Crippen molar-refractivity contribution in [2.75, 3.05) is 24.2 Å². The number of hydrogen-bond acceptors (Lipinski definition) is 5. The monoisotopic (exact) mass is 478 g/mol. The molecule has 9 heteroatoms. The summed E-state index contributed by atoms with van der Waals surface area (Å²) in [5.74, 6) is 1.36. The van der Waals surface area contributed by atoms with Gasteiger partial charge in [-0.1, -0.05) is 30.0 Å². The molecule has 2 aromatic rings. The van der Waals surface area contributed by atoms with E-state index < -0.39 is 0 Å². The van der Waals surface area contributed by atoms with Crippen LogP contribution < -0.4 is 10.9 Å². The molecule has 2 atom stereocenters. The van der Waals surface area contributed by atoms with Crippen molar-refractivity contribution in [2.24, 2.45) is 5.92 Å². The summed E-state index contributed by atoms with van der Waals surface area (Å²) < 4.78 is 3.51. The highest BCUT2D eigenvalue weighted by atomic mass is 79.9. The Bertz CT molecular complexity index is 963. The third kappa shape index (κ3) is 4.31. The van der Waals surface area contributed by atoms with Crippen molar-refractivity contribution in [2.45, 2.75) is 18.9 Å². The minimum Gasteiger partial charge on any atom is -0.356 e. The zero-order chi connectivity index (χ0) is 19.7. The number of aromatic nitrogens is 2. The quantitative estimate of drug-likeness (QED) is 0.683. The van der Waals surface area contributed by atoms with Gasteiger partial charge >= 0.3 is 0 Å². The fourth-order valence-corrected chi connectivity index (χ4v) is 5.11. The van der Waals surface area contributed by atoms with Gasteiger partial charge in [0.25, 0.3) is 5.56 Å². The maximum absolute atomic E-state index is 12.2. The van der Waals surface area contributed by atoms with Gasteiger partial charge in [0.05, 0.1) is 5.75 Å². The van der Waals surface area contributed by atoms with Crippen LogP contribution in [0.4, 0.5) is 5.82 Å². The number of thiocarbonyl (C=S) groups is 1. The first-order valence-electron chi connectivity index (χ1n) is 9.02. The number of fused-ring (bicyclic) bond motifs is 4. The number of amides is 1. The molecule has 1 fully saturated rings. The standard InChI is InChI=1S/C19H19BrN4O2S2/c20-14-4-5-16(21-7-14)22-17(25)11-28-19(27)23-8-12-6-13(10-23)15-2-1-3-18(26)24(15)9-12/h1-5,7,12-13H,6,8-11H2,(H,21,22,25)/t12-,13-/m0/s1. The average molecular weight is 479 g/mol. The highest BCUT2D eigenvalue weighted by molar-refractivity contribution is 9.10. The summed E-state index contributed by atoms with van der Waals surface area (Å²) in [5, 5.41) is 2.78. The summed E-state index contributed by atoms with van der Waals surface area (Å²) in [6.45, 7) is 2.37. The molecule has 28 heavy (non-hydrogen) atoms. The molecule has 0 aliphatic carbocycles. The van der Waals surface area contributed by atoms with Gasteiger partial charge in [0.15, 0.2) is 0 Å². The van der Waals surface area contributed by atoms with Crippen LogP contribution >= 0.6 is 39.9 Å². The molecule has 2 aliphatic rings. The fraction of sp³-hybridized carbons (Fsp3) is 0.368. The largest absolute Gasteiger partial charge is 0.356 e. The average Bonchev–Trinajstić information content (AvgIpc) is 2.68. The van der Waals surface area contributed by atoms with Crippen LogP contribution in [-0.2, 0) is 11.3 Å². The van der Waals surface area contributed by atoms with Gasteiger partial charge in [0.2, 0.25) is 5.91 Å². The Labute approximate surface area is 180 Å². The van der Waals surface area contributed by atoms with E-state index in [4.69, 9.17) is 12.2 Å². The fourth-order valence-electron chi connectivity index (χ4n) is 3.89. The summed E-state index contributed by atoms with van der Waals surface area (Å²) in [7, 11) is 0. The Hall–Kier alpha value is -1.71. The van der Waals surface area contributed by atoms with Gasteiger partial charge in [-0.2, -0.15) is 0 Å². The molecule has 1 saturated heterocycles. The van der Waals surface area contributed by atoms with Crippen molar-refractivity contribution in [3.63, 3.8) is 0 Å². The first-order chi connectivity index (χ1) is 13.5. The lowest BCUT2D eigenvalue weighted by molar-refractivity contribution is -0.113. The molecule has 6 nitrogen and oxygen atoms in total. The highest BCUT2D eigenvalue weighted by Gasteiger charge is 2.35. The van der Waals surface area contributed by atoms with E-state index in [2.05, 4.69) is 31.1 Å². The zero-order valence-corrected chi connectivity index (χ0v) is 18.2. The summed E-state index contributed by atoms with van der Waals surface area (Å²) in [6.07, 6.45) is 2.73. The number of piperidine rings is 1. The molecular weight excluding hydrogens is 460 g/mol. The Morgan fingerprint density at radius 2 is 2.14 bits per heavy atom. The lowest BCUT2D eigenvalue weighted by Crippen LogP contribution is -2.48. The second-order valence-corrected chi connectivity index (χ2v) is 9.59. The van der Waals surface area contributed by atoms with E-state index in [9.17, 15) is 9.59 Å². The van der Waals surface area contributed by atoms with Crippen LogP contribution in [0.5, 0.6) is 0 Å². The number of hydrogen-bond donors (Lipinski definition) is 1. The summed E-state index contributed by atoms with van der Waals surface area (Å²) >= 11 is 10.3. The number of nitrogens with zero attached hydrogens (tertiary/aromatic N) is 3. The SMILES string of the molecule is O=C(CSC(=S)N1C[C@@H]2C[C@@H](C1)c1cccc(=O)n1C2)Nc1ccc(Br)cn1. The zero-order valence-electron chi connectivity index (χ0n) is 15.0. The number of rotatable bonds is 3. The number of halogens is 1. The van der Waals surface area contributed by atoms with Gasteiger partial charge in [-0.3, -0.25) is 9.59 Å². The van der Waals surface area contributed by atoms with Crippen molar-refractivity contribution in [1.29, 1.82) is 0 Å². The number of carbonyl (C=O) groups is 1. The number of nitrogens with one attached hydrogen (secondary N) is 1.